The number of aromatic nitrogens is 2. The number of H-pyrrole nitrogens is 1. The van der Waals surface area contributed by atoms with Crippen molar-refractivity contribution in [3.8, 4) is 17.0 Å². The number of anilines is 1. The Morgan fingerprint density at radius 2 is 2.04 bits per heavy atom. The zero-order valence-electron chi connectivity index (χ0n) is 15.8. The molecular formula is C21H21N5O2. The fourth-order valence-electron chi connectivity index (χ4n) is 3.11. The minimum atomic E-state index is -0.0285. The summed E-state index contributed by atoms with van der Waals surface area (Å²) in [4.78, 5) is 19.7. The summed E-state index contributed by atoms with van der Waals surface area (Å²) in [5.41, 5.74) is 4.51. The number of carbonyl (C=O) groups is 1. The van der Waals surface area contributed by atoms with Gasteiger partial charge in [-0.05, 0) is 48.0 Å². The number of pyridine rings is 1. The molecule has 1 aliphatic rings. The predicted molar refractivity (Wildman–Crippen MR) is 109 cm³/mol. The minimum absolute atomic E-state index is 0.0285. The molecule has 0 spiro atoms. The molecule has 3 heterocycles. The van der Waals surface area contributed by atoms with Crippen molar-refractivity contribution in [2.45, 2.75) is 6.42 Å². The molecule has 0 atom stereocenters. The van der Waals surface area contributed by atoms with E-state index in [0.717, 1.165) is 34.7 Å². The number of ether oxygens (including phenoxy) is 1. The molecule has 1 aromatic carbocycles. The van der Waals surface area contributed by atoms with Crippen LogP contribution in [-0.2, 0) is 6.42 Å². The number of fused-ring (bicyclic) bond motifs is 1. The highest BCUT2D eigenvalue weighted by molar-refractivity contribution is 5.97. The van der Waals surface area contributed by atoms with Crippen LogP contribution in [0.4, 0.5) is 5.82 Å². The van der Waals surface area contributed by atoms with Crippen LogP contribution in [0.2, 0.25) is 0 Å². The third-order valence-corrected chi connectivity index (χ3v) is 4.69. The highest BCUT2D eigenvalue weighted by atomic mass is 16.5. The van der Waals surface area contributed by atoms with Crippen molar-refractivity contribution in [2.75, 3.05) is 25.7 Å². The molecule has 0 radical (unpaired) electrons. The third-order valence-electron chi connectivity index (χ3n) is 4.69. The molecule has 0 bridgehead atoms. The Morgan fingerprint density at radius 3 is 2.79 bits per heavy atom. The number of methoxy groups -OCH3 is 1. The van der Waals surface area contributed by atoms with E-state index in [1.54, 1.807) is 24.5 Å². The summed E-state index contributed by atoms with van der Waals surface area (Å²) >= 11 is 0. The first kappa shape index (κ1) is 17.8. The van der Waals surface area contributed by atoms with E-state index < -0.39 is 0 Å². The summed E-state index contributed by atoms with van der Waals surface area (Å²) in [6.45, 7) is 0.663. The Hall–Kier alpha value is -3.61. The summed E-state index contributed by atoms with van der Waals surface area (Å²) in [5.74, 6) is 1.49. The summed E-state index contributed by atoms with van der Waals surface area (Å²) in [5, 5.41) is 9.04. The van der Waals surface area contributed by atoms with E-state index in [2.05, 4.69) is 20.4 Å². The molecule has 142 valence electrons. The lowest BCUT2D eigenvalue weighted by atomic mass is 10.1. The fraction of sp³-hybridized carbons (Fsp3) is 0.190. The fourth-order valence-corrected chi connectivity index (χ4v) is 3.11. The van der Waals surface area contributed by atoms with E-state index in [-0.39, 0.29) is 5.91 Å². The SMILES string of the molecule is COc1ccc(C=NN(C)c2cc(-c3cc4c([nH]3)CCNC4=O)ccn2)cc1. The summed E-state index contributed by atoms with van der Waals surface area (Å²) in [6.07, 6.45) is 4.32. The Balaban J connectivity index is 1.54. The maximum absolute atomic E-state index is 12.0. The number of benzene rings is 1. The van der Waals surface area contributed by atoms with Crippen LogP contribution in [0.5, 0.6) is 5.75 Å². The van der Waals surface area contributed by atoms with Crippen molar-refractivity contribution in [1.29, 1.82) is 0 Å². The lowest BCUT2D eigenvalue weighted by molar-refractivity contribution is 0.0946. The van der Waals surface area contributed by atoms with E-state index in [9.17, 15) is 4.79 Å². The van der Waals surface area contributed by atoms with Crippen LogP contribution in [0.15, 0.2) is 53.8 Å². The van der Waals surface area contributed by atoms with Crippen molar-refractivity contribution in [3.63, 3.8) is 0 Å². The van der Waals surface area contributed by atoms with Crippen molar-refractivity contribution < 1.29 is 9.53 Å². The van der Waals surface area contributed by atoms with Crippen LogP contribution >= 0.6 is 0 Å². The zero-order valence-corrected chi connectivity index (χ0v) is 15.8. The first-order valence-electron chi connectivity index (χ1n) is 9.02. The second-order valence-corrected chi connectivity index (χ2v) is 6.53. The maximum Gasteiger partial charge on any atom is 0.253 e. The number of hydrogen-bond donors (Lipinski definition) is 2. The highest BCUT2D eigenvalue weighted by Gasteiger charge is 2.20. The first-order chi connectivity index (χ1) is 13.6. The Labute approximate surface area is 163 Å². The topological polar surface area (TPSA) is 82.6 Å². The largest absolute Gasteiger partial charge is 0.497 e. The van der Waals surface area contributed by atoms with Crippen molar-refractivity contribution in [2.24, 2.45) is 5.10 Å². The number of carbonyl (C=O) groups excluding carboxylic acids is 1. The number of nitrogens with zero attached hydrogens (tertiary/aromatic N) is 3. The van der Waals surface area contributed by atoms with Crippen LogP contribution in [-0.4, -0.2) is 42.8 Å². The predicted octanol–water partition coefficient (Wildman–Crippen LogP) is 2.84. The van der Waals surface area contributed by atoms with Gasteiger partial charge in [-0.1, -0.05) is 0 Å². The smallest absolute Gasteiger partial charge is 0.253 e. The number of aromatic amines is 1. The molecule has 4 rings (SSSR count). The van der Waals surface area contributed by atoms with Crippen LogP contribution in [0, 0.1) is 0 Å². The quantitative estimate of drug-likeness (QED) is 0.531. The second kappa shape index (κ2) is 7.56. The summed E-state index contributed by atoms with van der Waals surface area (Å²) in [6, 6.07) is 13.4. The van der Waals surface area contributed by atoms with Crippen molar-refractivity contribution in [3.05, 3.63) is 65.5 Å². The number of nitrogens with one attached hydrogen (secondary N) is 2. The van der Waals surface area contributed by atoms with Gasteiger partial charge in [-0.15, -0.1) is 0 Å². The highest BCUT2D eigenvalue weighted by Crippen LogP contribution is 2.26. The third kappa shape index (κ3) is 3.59. The summed E-state index contributed by atoms with van der Waals surface area (Å²) in [7, 11) is 3.49. The molecule has 0 fully saturated rings. The molecule has 3 aromatic rings. The van der Waals surface area contributed by atoms with Crippen LogP contribution in [0.25, 0.3) is 11.3 Å². The van der Waals surface area contributed by atoms with E-state index >= 15 is 0 Å². The number of hydrogen-bond acceptors (Lipinski definition) is 5. The molecule has 7 nitrogen and oxygen atoms in total. The molecule has 0 unspecified atom stereocenters. The summed E-state index contributed by atoms with van der Waals surface area (Å²) < 4.78 is 5.16. The van der Waals surface area contributed by atoms with E-state index in [1.165, 1.54) is 0 Å². The Bertz CT molecular complexity index is 1020. The average Bonchev–Trinajstić information content (AvgIpc) is 3.18. The molecular weight excluding hydrogens is 354 g/mol. The van der Waals surface area contributed by atoms with Gasteiger partial charge in [0.2, 0.25) is 0 Å². The molecule has 1 amide bonds. The average molecular weight is 375 g/mol. The van der Waals surface area contributed by atoms with Gasteiger partial charge in [0.1, 0.15) is 11.6 Å². The second-order valence-electron chi connectivity index (χ2n) is 6.53. The minimum Gasteiger partial charge on any atom is -0.497 e. The van der Waals surface area contributed by atoms with Crippen LogP contribution < -0.4 is 15.1 Å². The zero-order chi connectivity index (χ0) is 19.5. The van der Waals surface area contributed by atoms with Gasteiger partial charge in [0.15, 0.2) is 0 Å². The molecule has 0 saturated heterocycles. The standard InChI is InChI=1S/C21H21N5O2/c1-26(24-13-14-3-5-16(28-2)6-4-14)20-11-15(7-9-22-20)19-12-17-18(25-19)8-10-23-21(17)27/h3-7,9,11-13,25H,8,10H2,1-2H3,(H,23,27). The van der Waals surface area contributed by atoms with Gasteiger partial charge in [-0.2, -0.15) is 5.10 Å². The van der Waals surface area contributed by atoms with Gasteiger partial charge in [-0.25, -0.2) is 4.98 Å². The van der Waals surface area contributed by atoms with Gasteiger partial charge in [0.05, 0.1) is 18.9 Å². The van der Waals surface area contributed by atoms with Crippen LogP contribution in [0.1, 0.15) is 21.6 Å². The van der Waals surface area contributed by atoms with Crippen LogP contribution in [0.3, 0.4) is 0 Å². The molecule has 2 N–H and O–H groups in total. The van der Waals surface area contributed by atoms with E-state index in [4.69, 9.17) is 4.74 Å². The van der Waals surface area contributed by atoms with Gasteiger partial charge in [0, 0.05) is 43.2 Å². The lowest BCUT2D eigenvalue weighted by Crippen LogP contribution is -2.31. The normalized spacial score (nSPS) is 13.3. The van der Waals surface area contributed by atoms with Crippen molar-refractivity contribution >= 4 is 17.9 Å². The van der Waals surface area contributed by atoms with Gasteiger partial charge in [-0.3, -0.25) is 9.80 Å². The Morgan fingerprint density at radius 1 is 1.21 bits per heavy atom. The van der Waals surface area contributed by atoms with Gasteiger partial charge < -0.3 is 15.0 Å². The lowest BCUT2D eigenvalue weighted by Gasteiger charge is -2.12. The molecule has 2 aromatic heterocycles. The molecule has 1 aliphatic heterocycles. The maximum atomic E-state index is 12.0. The first-order valence-corrected chi connectivity index (χ1v) is 9.02. The molecule has 7 heteroatoms. The number of rotatable bonds is 5. The van der Waals surface area contributed by atoms with Gasteiger partial charge >= 0.3 is 0 Å². The Kier molecular flexibility index (Phi) is 4.80. The molecule has 0 aliphatic carbocycles. The number of hydrazone groups is 1. The molecule has 0 saturated carbocycles. The van der Waals surface area contributed by atoms with E-state index in [0.29, 0.717) is 17.9 Å². The number of amides is 1. The molecule has 28 heavy (non-hydrogen) atoms. The van der Waals surface area contributed by atoms with Gasteiger partial charge in [0.25, 0.3) is 5.91 Å². The van der Waals surface area contributed by atoms with E-state index in [1.807, 2.05) is 49.5 Å². The monoisotopic (exact) mass is 375 g/mol. The van der Waals surface area contributed by atoms with Crippen molar-refractivity contribution in [1.82, 2.24) is 15.3 Å².